The van der Waals surface area contributed by atoms with Gasteiger partial charge in [0.1, 0.15) is 17.3 Å². The quantitative estimate of drug-likeness (QED) is 0.782. The van der Waals surface area contributed by atoms with Gasteiger partial charge in [-0.25, -0.2) is 9.18 Å². The molecular formula is C16H20BrFN4O2. The summed E-state index contributed by atoms with van der Waals surface area (Å²) in [5.41, 5.74) is 6.05. The van der Waals surface area contributed by atoms with Gasteiger partial charge in [-0.2, -0.15) is 0 Å². The highest BCUT2D eigenvalue weighted by atomic mass is 79.9. The summed E-state index contributed by atoms with van der Waals surface area (Å²) in [4.78, 5) is 28.1. The topological polar surface area (TPSA) is 84.1 Å². The van der Waals surface area contributed by atoms with Crippen LogP contribution in [0.1, 0.15) is 25.3 Å². The number of hydrogen-bond acceptors (Lipinski definition) is 4. The molecule has 24 heavy (non-hydrogen) atoms. The first-order valence-corrected chi connectivity index (χ1v) is 8.42. The van der Waals surface area contributed by atoms with Crippen molar-refractivity contribution in [2.45, 2.75) is 32.9 Å². The lowest BCUT2D eigenvalue weighted by Gasteiger charge is -2.22. The number of hydrogen-bond donors (Lipinski definition) is 2. The van der Waals surface area contributed by atoms with E-state index in [1.165, 1.54) is 16.7 Å². The van der Waals surface area contributed by atoms with Crippen LogP contribution in [0.25, 0.3) is 0 Å². The summed E-state index contributed by atoms with van der Waals surface area (Å²) in [5, 5.41) is 0. The molecule has 0 atom stereocenters. The van der Waals surface area contributed by atoms with Crippen LogP contribution in [0.3, 0.4) is 0 Å². The van der Waals surface area contributed by atoms with Gasteiger partial charge in [0.15, 0.2) is 0 Å². The van der Waals surface area contributed by atoms with Crippen molar-refractivity contribution in [3.05, 3.63) is 54.9 Å². The first kappa shape index (κ1) is 18.3. The normalized spacial score (nSPS) is 10.8. The lowest BCUT2D eigenvalue weighted by atomic mass is 10.2. The van der Waals surface area contributed by atoms with E-state index in [2.05, 4.69) is 20.9 Å². The molecule has 0 fully saturated rings. The molecule has 1 aromatic heterocycles. The Labute approximate surface area is 147 Å². The van der Waals surface area contributed by atoms with E-state index in [-0.39, 0.29) is 17.3 Å². The van der Waals surface area contributed by atoms with E-state index < -0.39 is 11.2 Å². The minimum atomic E-state index is -0.536. The third kappa shape index (κ3) is 3.87. The fraction of sp³-hybridized carbons (Fsp3) is 0.375. The molecule has 0 aliphatic carbocycles. The van der Waals surface area contributed by atoms with Crippen LogP contribution in [-0.4, -0.2) is 16.6 Å². The van der Waals surface area contributed by atoms with Crippen LogP contribution in [0.2, 0.25) is 0 Å². The Morgan fingerprint density at radius 1 is 1.38 bits per heavy atom. The molecular weight excluding hydrogens is 379 g/mol. The Morgan fingerprint density at radius 2 is 2.08 bits per heavy atom. The Balaban J connectivity index is 2.39. The van der Waals surface area contributed by atoms with Crippen LogP contribution in [0.15, 0.2) is 32.3 Å². The second kappa shape index (κ2) is 7.65. The number of benzene rings is 1. The first-order chi connectivity index (χ1) is 11.3. The minimum Gasteiger partial charge on any atom is -0.383 e. The predicted molar refractivity (Wildman–Crippen MR) is 96.9 cm³/mol. The Bertz CT molecular complexity index is 847. The molecule has 0 radical (unpaired) electrons. The number of nitrogens with two attached hydrogens (primary N) is 1. The van der Waals surface area contributed by atoms with E-state index in [1.807, 2.05) is 6.92 Å². The van der Waals surface area contributed by atoms with Crippen molar-refractivity contribution >= 4 is 27.4 Å². The molecule has 0 bridgehead atoms. The van der Waals surface area contributed by atoms with Crippen LogP contribution >= 0.6 is 15.9 Å². The summed E-state index contributed by atoms with van der Waals surface area (Å²) < 4.78 is 15.2. The first-order valence-electron chi connectivity index (χ1n) is 7.62. The minimum absolute atomic E-state index is 0.137. The molecule has 0 saturated carbocycles. The van der Waals surface area contributed by atoms with Gasteiger partial charge in [0.2, 0.25) is 0 Å². The highest BCUT2D eigenvalue weighted by Crippen LogP contribution is 2.23. The molecule has 130 valence electrons. The highest BCUT2D eigenvalue weighted by Gasteiger charge is 2.17. The Hall–Kier alpha value is -2.09. The van der Waals surface area contributed by atoms with Gasteiger partial charge in [-0.1, -0.05) is 35.3 Å². The molecule has 0 unspecified atom stereocenters. The fourth-order valence-corrected chi connectivity index (χ4v) is 2.95. The fourth-order valence-electron chi connectivity index (χ4n) is 2.47. The van der Waals surface area contributed by atoms with E-state index in [9.17, 15) is 14.0 Å². The molecule has 1 aromatic carbocycles. The van der Waals surface area contributed by atoms with Gasteiger partial charge in [-0.05, 0) is 24.1 Å². The summed E-state index contributed by atoms with van der Waals surface area (Å²) in [5.74, 6) is -0.211. The van der Waals surface area contributed by atoms with Gasteiger partial charge in [0.05, 0.1) is 0 Å². The lowest BCUT2D eigenvalue weighted by molar-refractivity contribution is 0.603. The number of unbranched alkanes of at least 4 members (excludes halogenated alkanes) is 1. The van der Waals surface area contributed by atoms with Crippen molar-refractivity contribution in [2.75, 3.05) is 17.7 Å². The summed E-state index contributed by atoms with van der Waals surface area (Å²) in [6.07, 6.45) is 1.68. The molecule has 2 aromatic rings. The van der Waals surface area contributed by atoms with Gasteiger partial charge in [0, 0.05) is 24.6 Å². The van der Waals surface area contributed by atoms with Crippen LogP contribution in [0, 0.1) is 5.82 Å². The highest BCUT2D eigenvalue weighted by molar-refractivity contribution is 9.10. The molecule has 6 nitrogen and oxygen atoms in total. The van der Waals surface area contributed by atoms with Crippen molar-refractivity contribution in [1.82, 2.24) is 9.55 Å². The number of anilines is 2. The number of nitrogens with one attached hydrogen (secondary N) is 1. The number of nitrogens with zero attached hydrogens (tertiary/aromatic N) is 2. The number of aromatic amines is 1. The van der Waals surface area contributed by atoms with Gasteiger partial charge in [0.25, 0.3) is 5.56 Å². The van der Waals surface area contributed by atoms with Crippen LogP contribution < -0.4 is 21.9 Å². The van der Waals surface area contributed by atoms with Crippen molar-refractivity contribution in [3.63, 3.8) is 0 Å². The predicted octanol–water partition coefficient (Wildman–Crippen LogP) is 2.46. The van der Waals surface area contributed by atoms with E-state index in [0.717, 1.165) is 18.4 Å². The average molecular weight is 399 g/mol. The summed E-state index contributed by atoms with van der Waals surface area (Å²) in [6, 6.07) is 4.34. The zero-order valence-electron chi connectivity index (χ0n) is 13.6. The molecule has 2 rings (SSSR count). The summed E-state index contributed by atoms with van der Waals surface area (Å²) in [7, 11) is 1.70. The van der Waals surface area contributed by atoms with Crippen LogP contribution in [-0.2, 0) is 13.1 Å². The van der Waals surface area contributed by atoms with Crippen molar-refractivity contribution < 1.29 is 4.39 Å². The van der Waals surface area contributed by atoms with Crippen LogP contribution in [0.5, 0.6) is 0 Å². The maximum atomic E-state index is 13.2. The summed E-state index contributed by atoms with van der Waals surface area (Å²) in [6.45, 7) is 2.78. The lowest BCUT2D eigenvalue weighted by Crippen LogP contribution is -2.37. The Kier molecular flexibility index (Phi) is 5.82. The smallest absolute Gasteiger partial charge is 0.330 e. The number of aromatic nitrogens is 2. The maximum Gasteiger partial charge on any atom is 0.330 e. The SMILES string of the molecule is CCCCn1c(N)c(N(C)Cc2ccc(F)cc2Br)c(=O)[nH]c1=O. The molecule has 0 saturated heterocycles. The third-order valence-electron chi connectivity index (χ3n) is 3.75. The molecule has 0 amide bonds. The van der Waals surface area contributed by atoms with Crippen molar-refractivity contribution in [3.8, 4) is 0 Å². The van der Waals surface area contributed by atoms with E-state index in [1.54, 1.807) is 18.0 Å². The van der Waals surface area contributed by atoms with E-state index in [4.69, 9.17) is 5.73 Å². The van der Waals surface area contributed by atoms with Gasteiger partial charge >= 0.3 is 5.69 Å². The number of H-pyrrole nitrogens is 1. The molecule has 1 heterocycles. The third-order valence-corrected chi connectivity index (χ3v) is 4.49. The van der Waals surface area contributed by atoms with Crippen LogP contribution in [0.4, 0.5) is 15.9 Å². The number of nitrogen functional groups attached to an aromatic ring is 1. The van der Waals surface area contributed by atoms with Gasteiger partial charge < -0.3 is 10.6 Å². The Morgan fingerprint density at radius 3 is 2.71 bits per heavy atom. The second-order valence-electron chi connectivity index (χ2n) is 5.59. The average Bonchev–Trinajstić information content (AvgIpc) is 2.49. The number of halogens is 2. The monoisotopic (exact) mass is 398 g/mol. The van der Waals surface area contributed by atoms with Crippen molar-refractivity contribution in [2.24, 2.45) is 0 Å². The molecule has 0 aliphatic heterocycles. The van der Waals surface area contributed by atoms with Crippen molar-refractivity contribution in [1.29, 1.82) is 0 Å². The van der Waals surface area contributed by atoms with E-state index in [0.29, 0.717) is 17.6 Å². The molecule has 3 N–H and O–H groups in total. The largest absolute Gasteiger partial charge is 0.383 e. The standard InChI is InChI=1S/C16H20BrFN4O2/c1-3-4-7-22-14(19)13(15(23)20-16(22)24)21(2)9-10-5-6-11(18)8-12(10)17/h5-6,8H,3-4,7,9,19H2,1-2H3,(H,20,23,24). The maximum absolute atomic E-state index is 13.2. The summed E-state index contributed by atoms with van der Waals surface area (Å²) >= 11 is 3.31. The zero-order chi connectivity index (χ0) is 17.9. The van der Waals surface area contributed by atoms with Gasteiger partial charge in [-0.3, -0.25) is 14.3 Å². The zero-order valence-corrected chi connectivity index (χ0v) is 15.2. The number of rotatable bonds is 6. The van der Waals surface area contributed by atoms with E-state index >= 15 is 0 Å². The molecule has 8 heteroatoms. The molecule has 0 spiro atoms. The molecule has 0 aliphatic rings. The second-order valence-corrected chi connectivity index (χ2v) is 6.44. The van der Waals surface area contributed by atoms with Gasteiger partial charge in [-0.15, -0.1) is 0 Å².